The third-order valence-corrected chi connectivity index (χ3v) is 11.8. The Balaban J connectivity index is 1.08. The largest absolute Gasteiger partial charge is 0.292 e. The molecule has 2 nitrogen and oxygen atoms in total. The first-order chi connectivity index (χ1) is 26.5. The van der Waals surface area contributed by atoms with E-state index in [-0.39, 0.29) is 5.41 Å². The van der Waals surface area contributed by atoms with Crippen molar-refractivity contribution >= 4 is 43.4 Å². The van der Waals surface area contributed by atoms with Crippen LogP contribution in [0.2, 0.25) is 0 Å². The third-order valence-electron chi connectivity index (χ3n) is 11.8. The Bertz CT molecular complexity index is 3070. The second-order valence-electron chi connectivity index (χ2n) is 15.1. The van der Waals surface area contributed by atoms with Crippen molar-refractivity contribution in [2.45, 2.75) is 19.3 Å². The molecule has 1 aliphatic rings. The maximum Gasteiger partial charge on any atom is 0.145 e. The predicted octanol–water partition coefficient (Wildman–Crippen LogP) is 13.8. The Morgan fingerprint density at radius 1 is 0.426 bits per heavy atom. The molecule has 1 heterocycles. The molecule has 1 aromatic heterocycles. The Morgan fingerprint density at radius 2 is 0.981 bits per heavy atom. The molecule has 11 rings (SSSR count). The molecule has 10 aromatic rings. The summed E-state index contributed by atoms with van der Waals surface area (Å²) < 4.78 is 2.29. The average molecular weight is 689 g/mol. The molecule has 0 bridgehead atoms. The van der Waals surface area contributed by atoms with Crippen molar-refractivity contribution in [1.29, 1.82) is 0 Å². The standard InChI is InChI=1S/C52H36N2/c1-52(2)45-21-11-10-16-39(45)40-29-27-37(32-46(40)52)50-43-19-8-6-17-41(43)49(42-18-7-9-20-44(42)50)36-25-24-35-31-38(28-26-34(35)30-36)54-48-23-13-12-22-47(48)53-51(54)33-14-4-3-5-15-33/h3-32H,1-2H3. The van der Waals surface area contributed by atoms with E-state index in [1.807, 2.05) is 0 Å². The van der Waals surface area contributed by atoms with E-state index in [1.165, 1.54) is 76.8 Å². The summed E-state index contributed by atoms with van der Waals surface area (Å²) in [5, 5.41) is 7.48. The van der Waals surface area contributed by atoms with Crippen molar-refractivity contribution in [2.24, 2.45) is 0 Å². The molecular formula is C52H36N2. The van der Waals surface area contributed by atoms with E-state index >= 15 is 0 Å². The molecular weight excluding hydrogens is 653 g/mol. The minimum Gasteiger partial charge on any atom is -0.292 e. The first kappa shape index (κ1) is 30.8. The third kappa shape index (κ3) is 4.50. The zero-order valence-electron chi connectivity index (χ0n) is 30.2. The Labute approximate surface area is 314 Å². The highest BCUT2D eigenvalue weighted by Crippen LogP contribution is 2.51. The van der Waals surface area contributed by atoms with Crippen LogP contribution in [0.5, 0.6) is 0 Å². The van der Waals surface area contributed by atoms with Gasteiger partial charge in [-0.3, -0.25) is 4.57 Å². The lowest BCUT2D eigenvalue weighted by molar-refractivity contribution is 0.660. The van der Waals surface area contributed by atoms with E-state index in [9.17, 15) is 0 Å². The number of hydrogen-bond donors (Lipinski definition) is 0. The molecule has 0 fully saturated rings. The highest BCUT2D eigenvalue weighted by atomic mass is 15.1. The number of benzene rings is 9. The fourth-order valence-electron chi connectivity index (χ4n) is 9.21. The highest BCUT2D eigenvalue weighted by Gasteiger charge is 2.35. The number of rotatable bonds is 4. The molecule has 2 heteroatoms. The summed E-state index contributed by atoms with van der Waals surface area (Å²) in [5.41, 5.74) is 14.8. The van der Waals surface area contributed by atoms with E-state index in [1.54, 1.807) is 0 Å². The lowest BCUT2D eigenvalue weighted by atomic mass is 9.80. The lowest BCUT2D eigenvalue weighted by Crippen LogP contribution is -2.14. The van der Waals surface area contributed by atoms with Gasteiger partial charge in [0.25, 0.3) is 0 Å². The van der Waals surface area contributed by atoms with Gasteiger partial charge in [0.2, 0.25) is 0 Å². The van der Waals surface area contributed by atoms with Crippen LogP contribution in [0.3, 0.4) is 0 Å². The van der Waals surface area contributed by atoms with Crippen LogP contribution in [-0.4, -0.2) is 9.55 Å². The SMILES string of the molecule is CC1(C)c2ccccc2-c2ccc(-c3c4ccccc4c(-c4ccc5cc(-n6c(-c7ccccc7)nc7ccccc76)ccc5c4)c4ccccc34)cc21. The Morgan fingerprint density at radius 3 is 1.72 bits per heavy atom. The van der Waals surface area contributed by atoms with E-state index < -0.39 is 0 Å². The van der Waals surface area contributed by atoms with Gasteiger partial charge in [0.15, 0.2) is 0 Å². The normalized spacial score (nSPS) is 13.1. The van der Waals surface area contributed by atoms with Gasteiger partial charge in [-0.1, -0.05) is 159 Å². The van der Waals surface area contributed by atoms with Crippen molar-refractivity contribution < 1.29 is 0 Å². The first-order valence-corrected chi connectivity index (χ1v) is 18.8. The van der Waals surface area contributed by atoms with Crippen molar-refractivity contribution in [3.05, 3.63) is 193 Å². The summed E-state index contributed by atoms with van der Waals surface area (Å²) in [6, 6.07) is 66.6. The lowest BCUT2D eigenvalue weighted by Gasteiger charge is -2.23. The summed E-state index contributed by atoms with van der Waals surface area (Å²) in [6.07, 6.45) is 0. The molecule has 0 saturated carbocycles. The van der Waals surface area contributed by atoms with Crippen LogP contribution in [0.4, 0.5) is 0 Å². The van der Waals surface area contributed by atoms with Gasteiger partial charge in [-0.2, -0.15) is 0 Å². The Kier molecular flexibility index (Phi) is 6.63. The summed E-state index contributed by atoms with van der Waals surface area (Å²) >= 11 is 0. The molecule has 0 saturated heterocycles. The van der Waals surface area contributed by atoms with Gasteiger partial charge in [0.1, 0.15) is 5.82 Å². The number of hydrogen-bond acceptors (Lipinski definition) is 1. The number of para-hydroxylation sites is 2. The fraction of sp³-hybridized carbons (Fsp3) is 0.0577. The van der Waals surface area contributed by atoms with Gasteiger partial charge in [-0.15, -0.1) is 0 Å². The van der Waals surface area contributed by atoms with Crippen LogP contribution in [0.15, 0.2) is 182 Å². The van der Waals surface area contributed by atoms with Crippen LogP contribution in [0.25, 0.3) is 93.8 Å². The van der Waals surface area contributed by atoms with Crippen molar-refractivity contribution in [2.75, 3.05) is 0 Å². The molecule has 0 atom stereocenters. The number of fused-ring (bicyclic) bond motifs is 7. The fourth-order valence-corrected chi connectivity index (χ4v) is 9.21. The van der Waals surface area contributed by atoms with E-state index in [0.29, 0.717) is 0 Å². The monoisotopic (exact) mass is 688 g/mol. The average Bonchev–Trinajstić information content (AvgIpc) is 3.72. The zero-order valence-corrected chi connectivity index (χ0v) is 30.2. The molecule has 254 valence electrons. The van der Waals surface area contributed by atoms with Crippen LogP contribution in [0, 0.1) is 0 Å². The van der Waals surface area contributed by atoms with Crippen LogP contribution >= 0.6 is 0 Å². The minimum atomic E-state index is -0.0630. The number of nitrogens with zero attached hydrogens (tertiary/aromatic N) is 2. The molecule has 9 aromatic carbocycles. The number of imidazole rings is 1. The van der Waals surface area contributed by atoms with Gasteiger partial charge in [-0.25, -0.2) is 4.98 Å². The Hall–Kier alpha value is -6.77. The summed E-state index contributed by atoms with van der Waals surface area (Å²) in [6.45, 7) is 4.73. The summed E-state index contributed by atoms with van der Waals surface area (Å²) in [5.74, 6) is 0.947. The quantitative estimate of drug-likeness (QED) is 0.168. The molecule has 0 aliphatic heterocycles. The molecule has 0 unspecified atom stereocenters. The summed E-state index contributed by atoms with van der Waals surface area (Å²) in [7, 11) is 0. The topological polar surface area (TPSA) is 17.8 Å². The van der Waals surface area contributed by atoms with Crippen molar-refractivity contribution in [3.63, 3.8) is 0 Å². The summed E-state index contributed by atoms with van der Waals surface area (Å²) in [4.78, 5) is 5.08. The van der Waals surface area contributed by atoms with E-state index in [0.717, 1.165) is 28.1 Å². The number of aromatic nitrogens is 2. The molecule has 0 N–H and O–H groups in total. The van der Waals surface area contributed by atoms with Crippen LogP contribution < -0.4 is 0 Å². The second-order valence-corrected chi connectivity index (χ2v) is 15.1. The van der Waals surface area contributed by atoms with Crippen molar-refractivity contribution in [1.82, 2.24) is 9.55 Å². The van der Waals surface area contributed by atoms with Gasteiger partial charge >= 0.3 is 0 Å². The molecule has 1 aliphatic carbocycles. The van der Waals surface area contributed by atoms with Crippen LogP contribution in [0.1, 0.15) is 25.0 Å². The smallest absolute Gasteiger partial charge is 0.145 e. The predicted molar refractivity (Wildman–Crippen MR) is 227 cm³/mol. The molecule has 0 radical (unpaired) electrons. The maximum absolute atomic E-state index is 5.08. The zero-order chi connectivity index (χ0) is 36.0. The van der Waals surface area contributed by atoms with Gasteiger partial charge in [-0.05, 0) is 113 Å². The van der Waals surface area contributed by atoms with E-state index in [4.69, 9.17) is 4.98 Å². The molecule has 0 amide bonds. The van der Waals surface area contributed by atoms with Gasteiger partial charge in [0, 0.05) is 16.7 Å². The van der Waals surface area contributed by atoms with Crippen molar-refractivity contribution in [3.8, 4) is 50.5 Å². The van der Waals surface area contributed by atoms with Gasteiger partial charge in [0.05, 0.1) is 11.0 Å². The molecule has 54 heavy (non-hydrogen) atoms. The van der Waals surface area contributed by atoms with Gasteiger partial charge < -0.3 is 0 Å². The minimum absolute atomic E-state index is 0.0630. The maximum atomic E-state index is 5.08. The van der Waals surface area contributed by atoms with Crippen LogP contribution in [-0.2, 0) is 5.41 Å². The first-order valence-electron chi connectivity index (χ1n) is 18.8. The van der Waals surface area contributed by atoms with E-state index in [2.05, 4.69) is 200 Å². The second kappa shape index (κ2) is 11.6. The molecule has 0 spiro atoms. The highest BCUT2D eigenvalue weighted by molar-refractivity contribution is 6.22.